The minimum absolute atomic E-state index is 0.131. The zero-order chi connectivity index (χ0) is 18.4. The third-order valence-corrected chi connectivity index (χ3v) is 6.72. The number of aliphatic hydroxyl groups is 2. The molecule has 0 spiro atoms. The van der Waals surface area contributed by atoms with Crippen molar-refractivity contribution in [2.45, 2.75) is 95.2 Å². The van der Waals surface area contributed by atoms with Crippen LogP contribution in [0.4, 0.5) is 0 Å². The molecule has 2 N–H and O–H groups in total. The number of fused-ring (bicyclic) bond motifs is 3. The van der Waals surface area contributed by atoms with Crippen molar-refractivity contribution in [2.24, 2.45) is 11.8 Å². The fourth-order valence-electron chi connectivity index (χ4n) is 4.34. The summed E-state index contributed by atoms with van der Waals surface area (Å²) >= 11 is 0. The predicted octanol–water partition coefficient (Wildman–Crippen LogP) is 2.73. The Hall–Kier alpha value is -0.910. The number of carbonyl (C=O) groups is 1. The van der Waals surface area contributed by atoms with Gasteiger partial charge in [0.25, 0.3) is 0 Å². The topological polar surface area (TPSA) is 79.3 Å². The summed E-state index contributed by atoms with van der Waals surface area (Å²) in [6.07, 6.45) is 3.93. The van der Waals surface area contributed by atoms with Gasteiger partial charge in [-0.15, -0.1) is 0 Å². The van der Waals surface area contributed by atoms with Gasteiger partial charge in [0.2, 0.25) is 0 Å². The van der Waals surface area contributed by atoms with Crippen LogP contribution in [0.15, 0.2) is 12.2 Å². The largest absolute Gasteiger partial charge is 0.459 e. The van der Waals surface area contributed by atoms with E-state index in [1.54, 1.807) is 6.92 Å². The Morgan fingerprint density at radius 2 is 1.88 bits per heavy atom. The van der Waals surface area contributed by atoms with Crippen molar-refractivity contribution in [1.82, 2.24) is 0 Å². The van der Waals surface area contributed by atoms with Crippen LogP contribution < -0.4 is 0 Å². The Kier molecular flexibility index (Phi) is 5.04. The van der Waals surface area contributed by atoms with Crippen molar-refractivity contribution in [3.63, 3.8) is 0 Å². The lowest BCUT2D eigenvalue weighted by Crippen LogP contribution is -2.49. The highest BCUT2D eigenvalue weighted by molar-refractivity contribution is 5.73. The van der Waals surface area contributed by atoms with Crippen molar-refractivity contribution in [2.75, 3.05) is 0 Å². The van der Waals surface area contributed by atoms with E-state index < -0.39 is 17.8 Å². The molecule has 5 nitrogen and oxygen atoms in total. The summed E-state index contributed by atoms with van der Waals surface area (Å²) in [6.45, 7) is 9.76. The fourth-order valence-corrected chi connectivity index (χ4v) is 4.34. The lowest BCUT2D eigenvalue weighted by atomic mass is 9.76. The second-order valence-electron chi connectivity index (χ2n) is 8.78. The summed E-state index contributed by atoms with van der Waals surface area (Å²) in [7, 11) is 0. The van der Waals surface area contributed by atoms with Crippen LogP contribution in [0.3, 0.4) is 0 Å². The smallest absolute Gasteiger partial charge is 0.309 e. The Morgan fingerprint density at radius 3 is 2.60 bits per heavy atom. The van der Waals surface area contributed by atoms with E-state index in [2.05, 4.69) is 13.5 Å². The fraction of sp³-hybridized carbons (Fsp3) is 0.850. The van der Waals surface area contributed by atoms with Crippen molar-refractivity contribution >= 4 is 5.97 Å². The molecule has 3 aliphatic rings. The second-order valence-corrected chi connectivity index (χ2v) is 8.78. The van der Waals surface area contributed by atoms with Crippen molar-refractivity contribution < 1.29 is 24.5 Å². The Bertz CT molecular complexity index is 542. The summed E-state index contributed by atoms with van der Waals surface area (Å²) in [5.41, 5.74) is -0.478. The van der Waals surface area contributed by atoms with Gasteiger partial charge in [-0.3, -0.25) is 4.79 Å². The van der Waals surface area contributed by atoms with E-state index in [1.165, 1.54) is 0 Å². The van der Waals surface area contributed by atoms with Gasteiger partial charge >= 0.3 is 5.97 Å². The molecule has 7 atom stereocenters. The highest BCUT2D eigenvalue weighted by Crippen LogP contribution is 2.46. The maximum atomic E-state index is 12.3. The number of carbonyl (C=O) groups excluding carboxylic acids is 1. The maximum Gasteiger partial charge on any atom is 0.309 e. The van der Waals surface area contributed by atoms with Crippen molar-refractivity contribution in [1.29, 1.82) is 0 Å². The van der Waals surface area contributed by atoms with Gasteiger partial charge in [-0.1, -0.05) is 13.5 Å². The maximum absolute atomic E-state index is 12.3. The highest BCUT2D eigenvalue weighted by atomic mass is 16.6. The highest BCUT2D eigenvalue weighted by Gasteiger charge is 2.52. The van der Waals surface area contributed by atoms with Gasteiger partial charge in [0.1, 0.15) is 6.10 Å². The van der Waals surface area contributed by atoms with Crippen LogP contribution in [0.5, 0.6) is 0 Å². The normalized spacial score (nSPS) is 48.9. The lowest BCUT2D eigenvalue weighted by Gasteiger charge is -2.41. The number of aliphatic hydroxyl groups excluding tert-OH is 1. The van der Waals surface area contributed by atoms with Crippen LogP contribution in [0.25, 0.3) is 0 Å². The summed E-state index contributed by atoms with van der Waals surface area (Å²) in [5.74, 6) is -0.176. The number of hydrogen-bond donors (Lipinski definition) is 2. The first-order valence-electron chi connectivity index (χ1n) is 9.59. The molecule has 2 heterocycles. The molecule has 2 saturated heterocycles. The molecule has 1 aliphatic carbocycles. The standard InChI is InChI=1S/C20H32O5/c1-12-5-6-16-20(4,25-16)10-7-14-11-17(24-18(22)13(14)2)19(3,23)9-8-15(12)21/h13-17,21,23H,1,5-11H2,2-4H3. The average molecular weight is 352 g/mol. The molecule has 2 aliphatic heterocycles. The zero-order valence-electron chi connectivity index (χ0n) is 15.7. The number of hydrogen-bond acceptors (Lipinski definition) is 5. The first kappa shape index (κ1) is 18.9. The Balaban J connectivity index is 1.78. The molecular weight excluding hydrogens is 320 g/mol. The zero-order valence-corrected chi connectivity index (χ0v) is 15.7. The van der Waals surface area contributed by atoms with Crippen LogP contribution >= 0.6 is 0 Å². The van der Waals surface area contributed by atoms with E-state index in [1.807, 2.05) is 6.92 Å². The van der Waals surface area contributed by atoms with Crippen LogP contribution in [0, 0.1) is 11.8 Å². The van der Waals surface area contributed by atoms with E-state index in [0.717, 1.165) is 31.3 Å². The number of rotatable bonds is 0. The lowest BCUT2D eigenvalue weighted by molar-refractivity contribution is -0.185. The van der Waals surface area contributed by atoms with E-state index in [-0.39, 0.29) is 29.5 Å². The number of epoxide rings is 1. The van der Waals surface area contributed by atoms with Crippen molar-refractivity contribution in [3.05, 3.63) is 12.2 Å². The second kappa shape index (κ2) is 6.67. The molecule has 25 heavy (non-hydrogen) atoms. The summed E-state index contributed by atoms with van der Waals surface area (Å²) in [6, 6.07) is 0. The van der Waals surface area contributed by atoms with Crippen LogP contribution in [0.2, 0.25) is 0 Å². The van der Waals surface area contributed by atoms with Crippen LogP contribution in [-0.2, 0) is 14.3 Å². The van der Waals surface area contributed by atoms with Gasteiger partial charge in [0.05, 0.1) is 29.3 Å². The van der Waals surface area contributed by atoms with Gasteiger partial charge in [0, 0.05) is 0 Å². The number of esters is 1. The van der Waals surface area contributed by atoms with E-state index in [9.17, 15) is 15.0 Å². The first-order chi connectivity index (χ1) is 11.6. The molecule has 3 fully saturated rings. The third-order valence-electron chi connectivity index (χ3n) is 6.72. The van der Waals surface area contributed by atoms with E-state index in [4.69, 9.17) is 9.47 Å². The summed E-state index contributed by atoms with van der Waals surface area (Å²) < 4.78 is 11.5. The molecule has 0 radical (unpaired) electrons. The molecule has 5 heteroatoms. The molecule has 0 aromatic heterocycles. The molecule has 7 unspecified atom stereocenters. The van der Waals surface area contributed by atoms with Crippen LogP contribution in [0.1, 0.15) is 65.7 Å². The molecule has 142 valence electrons. The predicted molar refractivity (Wildman–Crippen MR) is 93.9 cm³/mol. The van der Waals surface area contributed by atoms with Crippen molar-refractivity contribution in [3.8, 4) is 0 Å². The van der Waals surface area contributed by atoms with Gasteiger partial charge in [-0.2, -0.15) is 0 Å². The van der Waals surface area contributed by atoms with E-state index >= 15 is 0 Å². The molecule has 0 aromatic rings. The van der Waals surface area contributed by atoms with Gasteiger partial charge < -0.3 is 19.7 Å². The molecular formula is C20H32O5. The first-order valence-corrected chi connectivity index (χ1v) is 9.59. The molecule has 1 saturated carbocycles. The Morgan fingerprint density at radius 1 is 1.16 bits per heavy atom. The van der Waals surface area contributed by atoms with Gasteiger partial charge in [-0.25, -0.2) is 0 Å². The van der Waals surface area contributed by atoms with Gasteiger partial charge in [-0.05, 0) is 70.3 Å². The summed E-state index contributed by atoms with van der Waals surface area (Å²) in [4.78, 5) is 12.3. The molecule has 0 aromatic carbocycles. The SMILES string of the molecule is C=C1CCC2OC2(C)CCC2CC(OC(=O)C2C)C(C)(O)CCC1O. The van der Waals surface area contributed by atoms with Gasteiger partial charge in [0.15, 0.2) is 0 Å². The molecule has 0 amide bonds. The summed E-state index contributed by atoms with van der Waals surface area (Å²) in [5, 5.41) is 21.2. The van der Waals surface area contributed by atoms with Crippen LogP contribution in [-0.4, -0.2) is 45.7 Å². The monoisotopic (exact) mass is 352 g/mol. The third kappa shape index (κ3) is 3.93. The number of ether oxygens (including phenoxy) is 2. The Labute approximate surface area is 150 Å². The minimum Gasteiger partial charge on any atom is -0.459 e. The average Bonchev–Trinajstić information content (AvgIpc) is 3.21. The quantitative estimate of drug-likeness (QED) is 0.398. The molecule has 2 bridgehead atoms. The minimum atomic E-state index is -1.14. The van der Waals surface area contributed by atoms with E-state index in [0.29, 0.717) is 19.3 Å². The molecule has 3 rings (SSSR count).